The number of carbonyl (C=O) groups excluding carboxylic acids is 1. The van der Waals surface area contributed by atoms with Crippen LogP contribution in [0.5, 0.6) is 11.6 Å². The summed E-state index contributed by atoms with van der Waals surface area (Å²) < 4.78 is 5.48. The molecule has 0 fully saturated rings. The van der Waals surface area contributed by atoms with E-state index in [9.17, 15) is 4.79 Å². The van der Waals surface area contributed by atoms with Crippen LogP contribution in [0.2, 0.25) is 10.0 Å². The lowest BCUT2D eigenvalue weighted by atomic mass is 10.2. The molecule has 0 unspecified atom stereocenters. The van der Waals surface area contributed by atoms with Crippen LogP contribution in [-0.2, 0) is 0 Å². The summed E-state index contributed by atoms with van der Waals surface area (Å²) in [6, 6.07) is 8.15. The predicted octanol–water partition coefficient (Wildman–Crippen LogP) is 4.38. The van der Waals surface area contributed by atoms with Gasteiger partial charge in [-0.1, -0.05) is 23.2 Å². The molecule has 92 valence electrons. The lowest BCUT2D eigenvalue weighted by Gasteiger charge is -2.06. The van der Waals surface area contributed by atoms with Gasteiger partial charge in [-0.3, -0.25) is 4.79 Å². The molecule has 0 N–H and O–H groups in total. The van der Waals surface area contributed by atoms with Crippen LogP contribution in [0.25, 0.3) is 0 Å². The molecule has 1 heterocycles. The number of nitrogens with zero attached hydrogens (tertiary/aromatic N) is 1. The Morgan fingerprint density at radius 2 is 1.83 bits per heavy atom. The molecule has 2 aromatic rings. The first-order valence-corrected chi connectivity index (χ1v) is 5.91. The highest BCUT2D eigenvalue weighted by Gasteiger charge is 2.04. The highest BCUT2D eigenvalue weighted by Crippen LogP contribution is 2.27. The Bertz CT molecular complexity index is 562. The number of hydrogen-bond donors (Lipinski definition) is 0. The predicted molar refractivity (Wildman–Crippen MR) is 70.8 cm³/mol. The van der Waals surface area contributed by atoms with Crippen LogP contribution in [0.15, 0.2) is 36.5 Å². The molecule has 18 heavy (non-hydrogen) atoms. The van der Waals surface area contributed by atoms with Crippen molar-refractivity contribution in [1.82, 2.24) is 4.98 Å². The molecule has 0 spiro atoms. The standard InChI is InChI=1S/C13H9Cl2NO2/c1-8(17)9-2-3-13(16-7-9)18-12-5-10(14)4-11(15)6-12/h2-7H,1H3. The van der Waals surface area contributed by atoms with E-state index < -0.39 is 0 Å². The normalized spacial score (nSPS) is 10.2. The number of ketones is 1. The van der Waals surface area contributed by atoms with Gasteiger partial charge >= 0.3 is 0 Å². The van der Waals surface area contributed by atoms with Crippen LogP contribution in [0, 0.1) is 0 Å². The minimum atomic E-state index is -0.0418. The van der Waals surface area contributed by atoms with Gasteiger partial charge in [0.05, 0.1) is 0 Å². The maximum absolute atomic E-state index is 11.1. The summed E-state index contributed by atoms with van der Waals surface area (Å²) in [5, 5.41) is 0.968. The van der Waals surface area contributed by atoms with Crippen LogP contribution in [0.1, 0.15) is 17.3 Å². The van der Waals surface area contributed by atoms with Gasteiger partial charge in [-0.15, -0.1) is 0 Å². The third kappa shape index (κ3) is 3.22. The summed E-state index contributed by atoms with van der Waals surface area (Å²) in [6.45, 7) is 1.48. The number of ether oxygens (including phenoxy) is 1. The maximum Gasteiger partial charge on any atom is 0.219 e. The molecule has 0 atom stereocenters. The molecule has 1 aromatic heterocycles. The van der Waals surface area contributed by atoms with E-state index in [4.69, 9.17) is 27.9 Å². The van der Waals surface area contributed by atoms with Gasteiger partial charge in [-0.05, 0) is 31.2 Å². The van der Waals surface area contributed by atoms with Crippen molar-refractivity contribution >= 4 is 29.0 Å². The minimum Gasteiger partial charge on any atom is -0.439 e. The van der Waals surface area contributed by atoms with Crippen molar-refractivity contribution in [3.63, 3.8) is 0 Å². The average Bonchev–Trinajstić information content (AvgIpc) is 2.28. The topological polar surface area (TPSA) is 39.2 Å². The van der Waals surface area contributed by atoms with E-state index in [2.05, 4.69) is 4.98 Å². The lowest BCUT2D eigenvalue weighted by Crippen LogP contribution is -1.94. The van der Waals surface area contributed by atoms with Crippen molar-refractivity contribution in [1.29, 1.82) is 0 Å². The van der Waals surface area contributed by atoms with E-state index in [0.717, 1.165) is 0 Å². The van der Waals surface area contributed by atoms with Gasteiger partial charge in [0.2, 0.25) is 5.88 Å². The van der Waals surface area contributed by atoms with Gasteiger partial charge in [0.25, 0.3) is 0 Å². The van der Waals surface area contributed by atoms with Gasteiger partial charge in [0.1, 0.15) is 5.75 Å². The van der Waals surface area contributed by atoms with Crippen LogP contribution < -0.4 is 4.74 Å². The van der Waals surface area contributed by atoms with Gasteiger partial charge in [0.15, 0.2) is 5.78 Å². The van der Waals surface area contributed by atoms with Gasteiger partial charge in [-0.25, -0.2) is 4.98 Å². The molecule has 1 aromatic carbocycles. The van der Waals surface area contributed by atoms with Crippen molar-refractivity contribution in [3.05, 3.63) is 52.1 Å². The maximum atomic E-state index is 11.1. The number of rotatable bonds is 3. The Morgan fingerprint density at radius 3 is 2.33 bits per heavy atom. The van der Waals surface area contributed by atoms with Crippen molar-refractivity contribution in [2.75, 3.05) is 0 Å². The van der Waals surface area contributed by atoms with Crippen molar-refractivity contribution < 1.29 is 9.53 Å². The number of aromatic nitrogens is 1. The lowest BCUT2D eigenvalue weighted by molar-refractivity contribution is 0.101. The molecule has 3 nitrogen and oxygen atoms in total. The fourth-order valence-corrected chi connectivity index (χ4v) is 1.86. The Balaban J connectivity index is 2.20. The molecule has 0 saturated carbocycles. The van der Waals surface area contributed by atoms with E-state index in [1.165, 1.54) is 13.1 Å². The fraction of sp³-hybridized carbons (Fsp3) is 0.0769. The zero-order chi connectivity index (χ0) is 13.1. The zero-order valence-electron chi connectivity index (χ0n) is 9.48. The fourth-order valence-electron chi connectivity index (χ4n) is 1.36. The Morgan fingerprint density at radius 1 is 1.17 bits per heavy atom. The van der Waals surface area contributed by atoms with Crippen molar-refractivity contribution in [3.8, 4) is 11.6 Å². The summed E-state index contributed by atoms with van der Waals surface area (Å²) in [5.74, 6) is 0.828. The molecule has 0 bridgehead atoms. The first kappa shape index (κ1) is 12.9. The Hall–Kier alpha value is -1.58. The first-order valence-electron chi connectivity index (χ1n) is 5.15. The van der Waals surface area contributed by atoms with Crippen LogP contribution >= 0.6 is 23.2 Å². The number of carbonyl (C=O) groups is 1. The molecule has 0 saturated heterocycles. The summed E-state index contributed by atoms with van der Waals surface area (Å²) in [5.41, 5.74) is 0.534. The smallest absolute Gasteiger partial charge is 0.219 e. The molecule has 0 amide bonds. The summed E-state index contributed by atoms with van der Waals surface area (Å²) in [4.78, 5) is 15.1. The number of Topliss-reactive ketones (excluding diaryl/α,β-unsaturated/α-hetero) is 1. The van der Waals surface area contributed by atoms with E-state index in [0.29, 0.717) is 27.2 Å². The highest BCUT2D eigenvalue weighted by molar-refractivity contribution is 6.34. The summed E-state index contributed by atoms with van der Waals surface area (Å²) in [6.07, 6.45) is 1.46. The molecular formula is C13H9Cl2NO2. The summed E-state index contributed by atoms with van der Waals surface area (Å²) >= 11 is 11.7. The minimum absolute atomic E-state index is 0.0418. The van der Waals surface area contributed by atoms with E-state index >= 15 is 0 Å². The number of pyridine rings is 1. The molecule has 5 heteroatoms. The number of halogens is 2. The monoisotopic (exact) mass is 281 g/mol. The van der Waals surface area contributed by atoms with Gasteiger partial charge < -0.3 is 4.74 Å². The van der Waals surface area contributed by atoms with E-state index in [1.54, 1.807) is 30.3 Å². The first-order chi connectivity index (χ1) is 8.54. The van der Waals surface area contributed by atoms with Crippen LogP contribution in [0.4, 0.5) is 0 Å². The Kier molecular flexibility index (Phi) is 3.84. The van der Waals surface area contributed by atoms with E-state index in [-0.39, 0.29) is 5.78 Å². The second kappa shape index (κ2) is 5.38. The molecule has 0 aliphatic rings. The number of hydrogen-bond acceptors (Lipinski definition) is 3. The van der Waals surface area contributed by atoms with Crippen molar-refractivity contribution in [2.24, 2.45) is 0 Å². The molecule has 0 aliphatic carbocycles. The summed E-state index contributed by atoms with van der Waals surface area (Å²) in [7, 11) is 0. The largest absolute Gasteiger partial charge is 0.439 e. The third-order valence-corrected chi connectivity index (χ3v) is 2.64. The third-order valence-electron chi connectivity index (χ3n) is 2.20. The van der Waals surface area contributed by atoms with E-state index in [1.807, 2.05) is 0 Å². The van der Waals surface area contributed by atoms with Crippen LogP contribution in [-0.4, -0.2) is 10.8 Å². The van der Waals surface area contributed by atoms with Crippen molar-refractivity contribution in [2.45, 2.75) is 6.92 Å². The second-order valence-electron chi connectivity index (χ2n) is 3.65. The number of benzene rings is 1. The zero-order valence-corrected chi connectivity index (χ0v) is 11.0. The average molecular weight is 282 g/mol. The molecule has 0 aliphatic heterocycles. The second-order valence-corrected chi connectivity index (χ2v) is 4.52. The quantitative estimate of drug-likeness (QED) is 0.784. The molecule has 2 rings (SSSR count). The highest BCUT2D eigenvalue weighted by atomic mass is 35.5. The Labute approximate surface area is 114 Å². The molecular weight excluding hydrogens is 273 g/mol. The molecule has 0 radical (unpaired) electrons. The van der Waals surface area contributed by atoms with Gasteiger partial charge in [-0.2, -0.15) is 0 Å². The van der Waals surface area contributed by atoms with Gasteiger partial charge in [0, 0.05) is 27.9 Å². The van der Waals surface area contributed by atoms with Crippen LogP contribution in [0.3, 0.4) is 0 Å². The SMILES string of the molecule is CC(=O)c1ccc(Oc2cc(Cl)cc(Cl)c2)nc1.